The van der Waals surface area contributed by atoms with Gasteiger partial charge in [-0.2, -0.15) is 9.61 Å². The van der Waals surface area contributed by atoms with Crippen molar-refractivity contribution in [2.45, 2.75) is 26.2 Å². The smallest absolute Gasteiger partial charge is 0.262 e. The summed E-state index contributed by atoms with van der Waals surface area (Å²) in [4.78, 5) is 13.0. The van der Waals surface area contributed by atoms with Crippen molar-refractivity contribution < 1.29 is 9.53 Å². The maximum absolute atomic E-state index is 12.3. The highest BCUT2D eigenvalue weighted by Crippen LogP contribution is 2.27. The predicted molar refractivity (Wildman–Crippen MR) is 113 cm³/mol. The van der Waals surface area contributed by atoms with Gasteiger partial charge in [0, 0.05) is 11.3 Å². The van der Waals surface area contributed by atoms with Gasteiger partial charge in [-0.25, -0.2) is 0 Å². The van der Waals surface area contributed by atoms with Gasteiger partial charge in [-0.15, -0.1) is 10.2 Å². The third kappa shape index (κ3) is 4.43. The fourth-order valence-electron chi connectivity index (χ4n) is 2.88. The van der Waals surface area contributed by atoms with Gasteiger partial charge in [-0.05, 0) is 42.2 Å². The molecule has 4 aromatic rings. The minimum atomic E-state index is -0.216. The van der Waals surface area contributed by atoms with Crippen molar-refractivity contribution in [1.82, 2.24) is 19.8 Å². The van der Waals surface area contributed by atoms with Gasteiger partial charge in [-0.1, -0.05) is 49.4 Å². The summed E-state index contributed by atoms with van der Waals surface area (Å²) >= 11 is 1.44. The molecule has 2 aromatic carbocycles. The minimum Gasteiger partial charge on any atom is -0.484 e. The molecule has 0 unspecified atom stereocenters. The quantitative estimate of drug-likeness (QED) is 0.492. The number of rotatable bonds is 7. The van der Waals surface area contributed by atoms with Crippen LogP contribution in [0.4, 0.5) is 5.69 Å². The summed E-state index contributed by atoms with van der Waals surface area (Å²) < 4.78 is 7.24. The molecule has 8 heteroatoms. The molecule has 1 N–H and O–H groups in total. The first-order valence-electron chi connectivity index (χ1n) is 9.42. The normalized spacial score (nSPS) is 12.1. The highest BCUT2D eigenvalue weighted by Gasteiger charge is 2.10. The molecule has 7 nitrogen and oxygen atoms in total. The maximum atomic E-state index is 12.3. The fourth-order valence-corrected chi connectivity index (χ4v) is 3.70. The van der Waals surface area contributed by atoms with Crippen molar-refractivity contribution >= 4 is 27.9 Å². The van der Waals surface area contributed by atoms with Crippen LogP contribution in [0, 0.1) is 0 Å². The first-order chi connectivity index (χ1) is 14.1. The van der Waals surface area contributed by atoms with Gasteiger partial charge in [0.2, 0.25) is 4.96 Å². The number of aromatic nitrogens is 4. The summed E-state index contributed by atoms with van der Waals surface area (Å²) in [5.41, 5.74) is 2.86. The lowest BCUT2D eigenvalue weighted by Crippen LogP contribution is -2.20. The molecule has 2 heterocycles. The largest absolute Gasteiger partial charge is 0.484 e. The Hall–Kier alpha value is -3.26. The number of ether oxygens (including phenoxy) is 1. The van der Waals surface area contributed by atoms with E-state index in [1.54, 1.807) is 10.8 Å². The van der Waals surface area contributed by atoms with Crippen LogP contribution in [0.5, 0.6) is 5.75 Å². The fraction of sp³-hybridized carbons (Fsp3) is 0.238. The second kappa shape index (κ2) is 8.40. The van der Waals surface area contributed by atoms with E-state index in [0.717, 1.165) is 22.0 Å². The van der Waals surface area contributed by atoms with Crippen LogP contribution in [0.1, 0.15) is 31.7 Å². The van der Waals surface area contributed by atoms with Gasteiger partial charge >= 0.3 is 0 Å². The second-order valence-corrected chi connectivity index (χ2v) is 7.72. The van der Waals surface area contributed by atoms with Crippen LogP contribution in [0.3, 0.4) is 0 Å². The lowest BCUT2D eigenvalue weighted by Gasteiger charge is -2.11. The first kappa shape index (κ1) is 19.1. The Bertz CT molecular complexity index is 1090. The molecule has 0 fully saturated rings. The summed E-state index contributed by atoms with van der Waals surface area (Å²) in [7, 11) is 0. The Labute approximate surface area is 172 Å². The number of amides is 1. The Morgan fingerprint density at radius 2 is 2.07 bits per heavy atom. The number of benzene rings is 2. The lowest BCUT2D eigenvalue weighted by atomic mass is 9.99. The van der Waals surface area contributed by atoms with E-state index in [2.05, 4.69) is 34.5 Å². The van der Waals surface area contributed by atoms with E-state index in [-0.39, 0.29) is 12.5 Å². The highest BCUT2D eigenvalue weighted by molar-refractivity contribution is 7.19. The zero-order valence-corrected chi connectivity index (χ0v) is 17.0. The molecule has 0 spiro atoms. The molecule has 29 heavy (non-hydrogen) atoms. The topological polar surface area (TPSA) is 81.4 Å². The van der Waals surface area contributed by atoms with E-state index >= 15 is 0 Å². The number of carbonyl (C=O) groups excluding carboxylic acids is 1. The molecule has 0 aliphatic heterocycles. The molecule has 0 aliphatic rings. The van der Waals surface area contributed by atoms with E-state index in [1.807, 2.05) is 48.5 Å². The number of anilines is 1. The Kier molecular flexibility index (Phi) is 5.53. The van der Waals surface area contributed by atoms with E-state index in [4.69, 9.17) is 4.74 Å². The third-order valence-electron chi connectivity index (χ3n) is 4.71. The molecule has 4 rings (SSSR count). The van der Waals surface area contributed by atoms with Gasteiger partial charge in [0.15, 0.2) is 6.61 Å². The second-order valence-electron chi connectivity index (χ2n) is 6.76. The number of fused-ring (bicyclic) bond motifs is 1. The molecule has 0 saturated carbocycles. The van der Waals surface area contributed by atoms with E-state index in [9.17, 15) is 4.79 Å². The molecule has 2 aromatic heterocycles. The number of carbonyl (C=O) groups is 1. The molecular weight excluding hydrogens is 386 g/mol. The van der Waals surface area contributed by atoms with Gasteiger partial charge in [-0.3, -0.25) is 4.79 Å². The van der Waals surface area contributed by atoms with Crippen molar-refractivity contribution in [3.63, 3.8) is 0 Å². The first-order valence-corrected chi connectivity index (χ1v) is 10.2. The molecule has 148 valence electrons. The molecule has 0 radical (unpaired) electrons. The molecule has 0 saturated heterocycles. The summed E-state index contributed by atoms with van der Waals surface area (Å²) in [5, 5.41) is 15.9. The third-order valence-corrected chi connectivity index (χ3v) is 5.67. The SMILES string of the molecule is CC[C@@H](C)c1ccc(OCC(=O)Nc2cccc(-c3nn4cnnc4s3)c2)cc1. The average Bonchev–Trinajstić information content (AvgIpc) is 3.35. The van der Waals surface area contributed by atoms with Crippen LogP contribution in [0.2, 0.25) is 0 Å². The van der Waals surface area contributed by atoms with Gasteiger partial charge in [0.25, 0.3) is 5.91 Å². The van der Waals surface area contributed by atoms with Crippen molar-refractivity contribution in [3.05, 3.63) is 60.4 Å². The van der Waals surface area contributed by atoms with Crippen molar-refractivity contribution in [3.8, 4) is 16.3 Å². The van der Waals surface area contributed by atoms with Crippen LogP contribution < -0.4 is 10.1 Å². The molecule has 1 atom stereocenters. The molecular formula is C21H21N5O2S. The summed E-state index contributed by atoms with van der Waals surface area (Å²) in [6, 6.07) is 15.4. The average molecular weight is 407 g/mol. The number of hydrogen-bond donors (Lipinski definition) is 1. The Balaban J connectivity index is 1.36. The summed E-state index contributed by atoms with van der Waals surface area (Å²) in [5.74, 6) is 0.977. The molecule has 1 amide bonds. The predicted octanol–water partition coefficient (Wildman–Crippen LogP) is 4.38. The summed E-state index contributed by atoms with van der Waals surface area (Å²) in [6.45, 7) is 4.31. The monoisotopic (exact) mass is 407 g/mol. The number of nitrogens with zero attached hydrogens (tertiary/aromatic N) is 4. The Morgan fingerprint density at radius 3 is 2.83 bits per heavy atom. The summed E-state index contributed by atoms with van der Waals surface area (Å²) in [6.07, 6.45) is 2.65. The zero-order valence-electron chi connectivity index (χ0n) is 16.2. The minimum absolute atomic E-state index is 0.0519. The number of nitrogens with one attached hydrogen (secondary N) is 1. The lowest BCUT2D eigenvalue weighted by molar-refractivity contribution is -0.118. The van der Waals surface area contributed by atoms with E-state index in [0.29, 0.717) is 17.4 Å². The zero-order chi connectivity index (χ0) is 20.2. The van der Waals surface area contributed by atoms with Crippen LogP contribution in [-0.2, 0) is 4.79 Å². The Morgan fingerprint density at radius 1 is 1.24 bits per heavy atom. The standard InChI is InChI=1S/C21H21N5O2S/c1-3-14(2)15-7-9-18(10-8-15)28-12-19(27)23-17-6-4-5-16(11-17)20-25-26-13-22-24-21(26)29-20/h4-11,13-14H,3,12H2,1-2H3,(H,23,27)/t14-/m1/s1. The number of hydrogen-bond acceptors (Lipinski definition) is 6. The van der Waals surface area contributed by atoms with Crippen molar-refractivity contribution in [2.75, 3.05) is 11.9 Å². The van der Waals surface area contributed by atoms with Crippen LogP contribution in [0.15, 0.2) is 54.9 Å². The highest BCUT2D eigenvalue weighted by atomic mass is 32.1. The van der Waals surface area contributed by atoms with Crippen LogP contribution in [-0.4, -0.2) is 32.3 Å². The van der Waals surface area contributed by atoms with Crippen LogP contribution >= 0.6 is 11.3 Å². The van der Waals surface area contributed by atoms with Crippen molar-refractivity contribution in [1.29, 1.82) is 0 Å². The van der Waals surface area contributed by atoms with Crippen LogP contribution in [0.25, 0.3) is 15.5 Å². The van der Waals surface area contributed by atoms with Gasteiger partial charge < -0.3 is 10.1 Å². The van der Waals surface area contributed by atoms with E-state index < -0.39 is 0 Å². The molecule has 0 aliphatic carbocycles. The van der Waals surface area contributed by atoms with Gasteiger partial charge in [0.1, 0.15) is 17.1 Å². The molecule has 0 bridgehead atoms. The maximum Gasteiger partial charge on any atom is 0.262 e. The van der Waals surface area contributed by atoms with E-state index in [1.165, 1.54) is 16.9 Å². The van der Waals surface area contributed by atoms with Gasteiger partial charge in [0.05, 0.1) is 0 Å². The van der Waals surface area contributed by atoms with Crippen molar-refractivity contribution in [2.24, 2.45) is 0 Å².